The standard InChI is InChI=1S/C15H19NO3/c1-2-6-14(17)16-9-12(13(10-16)15(18)19)11-7-4-3-5-8-11/h3-5,7-8,12-13H,2,6,9-10H2,1H3,(H,18,19)/t12-,13-/m0/s1. The van der Waals surface area contributed by atoms with E-state index in [1.54, 1.807) is 4.90 Å². The van der Waals surface area contributed by atoms with E-state index in [4.69, 9.17) is 0 Å². The van der Waals surface area contributed by atoms with Gasteiger partial charge in [0.2, 0.25) is 5.91 Å². The molecular weight excluding hydrogens is 242 g/mol. The van der Waals surface area contributed by atoms with Crippen molar-refractivity contribution >= 4 is 11.9 Å². The molecule has 4 nitrogen and oxygen atoms in total. The van der Waals surface area contributed by atoms with Gasteiger partial charge < -0.3 is 10.0 Å². The molecule has 1 aliphatic rings. The lowest BCUT2D eigenvalue weighted by molar-refractivity contribution is -0.141. The molecule has 2 atom stereocenters. The van der Waals surface area contributed by atoms with Crippen molar-refractivity contribution in [3.63, 3.8) is 0 Å². The molecule has 0 radical (unpaired) electrons. The maximum atomic E-state index is 11.9. The number of nitrogens with zero attached hydrogens (tertiary/aromatic N) is 1. The molecule has 1 aromatic carbocycles. The van der Waals surface area contributed by atoms with Crippen molar-refractivity contribution in [2.75, 3.05) is 13.1 Å². The number of likely N-dealkylation sites (tertiary alicyclic amines) is 1. The van der Waals surface area contributed by atoms with E-state index >= 15 is 0 Å². The highest BCUT2D eigenvalue weighted by Crippen LogP contribution is 2.33. The molecule has 1 N–H and O–H groups in total. The van der Waals surface area contributed by atoms with Gasteiger partial charge in [-0.3, -0.25) is 9.59 Å². The average molecular weight is 261 g/mol. The molecule has 102 valence electrons. The summed E-state index contributed by atoms with van der Waals surface area (Å²) in [6.45, 7) is 2.80. The van der Waals surface area contributed by atoms with E-state index in [2.05, 4.69) is 0 Å². The molecule has 1 aliphatic heterocycles. The van der Waals surface area contributed by atoms with Crippen LogP contribution in [-0.2, 0) is 9.59 Å². The second-order valence-electron chi connectivity index (χ2n) is 5.01. The van der Waals surface area contributed by atoms with Gasteiger partial charge in [-0.1, -0.05) is 37.3 Å². The number of hydrogen-bond acceptors (Lipinski definition) is 2. The summed E-state index contributed by atoms with van der Waals surface area (Å²) in [6.07, 6.45) is 1.29. The van der Waals surface area contributed by atoms with Gasteiger partial charge >= 0.3 is 5.97 Å². The number of aliphatic carboxylic acids is 1. The van der Waals surface area contributed by atoms with Crippen LogP contribution in [0.1, 0.15) is 31.2 Å². The summed E-state index contributed by atoms with van der Waals surface area (Å²) >= 11 is 0. The number of hydrogen-bond donors (Lipinski definition) is 1. The van der Waals surface area contributed by atoms with Gasteiger partial charge in [-0.05, 0) is 12.0 Å². The van der Waals surface area contributed by atoms with Crippen molar-refractivity contribution in [2.45, 2.75) is 25.7 Å². The fourth-order valence-corrected chi connectivity index (χ4v) is 2.67. The molecule has 1 heterocycles. The molecule has 1 amide bonds. The average Bonchev–Trinajstić information content (AvgIpc) is 2.85. The minimum atomic E-state index is -0.819. The van der Waals surface area contributed by atoms with E-state index in [0.717, 1.165) is 12.0 Å². The van der Waals surface area contributed by atoms with Crippen LogP contribution in [0.15, 0.2) is 30.3 Å². The first kappa shape index (κ1) is 13.6. The molecule has 19 heavy (non-hydrogen) atoms. The van der Waals surface area contributed by atoms with Gasteiger partial charge in [0.15, 0.2) is 0 Å². The maximum absolute atomic E-state index is 11.9. The fraction of sp³-hybridized carbons (Fsp3) is 0.467. The minimum absolute atomic E-state index is 0.0622. The highest BCUT2D eigenvalue weighted by atomic mass is 16.4. The summed E-state index contributed by atoms with van der Waals surface area (Å²) in [6, 6.07) is 9.60. The largest absolute Gasteiger partial charge is 0.481 e. The summed E-state index contributed by atoms with van der Waals surface area (Å²) in [7, 11) is 0. The first-order valence-corrected chi connectivity index (χ1v) is 6.69. The summed E-state index contributed by atoms with van der Waals surface area (Å²) in [4.78, 5) is 25.0. The molecule has 0 saturated carbocycles. The maximum Gasteiger partial charge on any atom is 0.308 e. The van der Waals surface area contributed by atoms with Gasteiger partial charge in [-0.25, -0.2) is 0 Å². The van der Waals surface area contributed by atoms with Crippen LogP contribution in [-0.4, -0.2) is 35.0 Å². The summed E-state index contributed by atoms with van der Waals surface area (Å²) in [5.74, 6) is -1.35. The lowest BCUT2D eigenvalue weighted by Gasteiger charge is -2.16. The fourth-order valence-electron chi connectivity index (χ4n) is 2.67. The van der Waals surface area contributed by atoms with Crippen LogP contribution >= 0.6 is 0 Å². The van der Waals surface area contributed by atoms with E-state index < -0.39 is 11.9 Å². The van der Waals surface area contributed by atoms with E-state index in [0.29, 0.717) is 19.5 Å². The Kier molecular flexibility index (Phi) is 4.20. The Bertz CT molecular complexity index is 458. The molecule has 0 bridgehead atoms. The lowest BCUT2D eigenvalue weighted by Crippen LogP contribution is -2.29. The van der Waals surface area contributed by atoms with Crippen molar-refractivity contribution in [1.82, 2.24) is 4.90 Å². The topological polar surface area (TPSA) is 57.6 Å². The van der Waals surface area contributed by atoms with Gasteiger partial charge in [0.25, 0.3) is 0 Å². The van der Waals surface area contributed by atoms with Crippen molar-refractivity contribution in [2.24, 2.45) is 5.92 Å². The Labute approximate surface area is 113 Å². The second-order valence-corrected chi connectivity index (χ2v) is 5.01. The van der Waals surface area contributed by atoms with Gasteiger partial charge in [0, 0.05) is 25.4 Å². The number of carboxylic acids is 1. The molecule has 1 saturated heterocycles. The highest BCUT2D eigenvalue weighted by molar-refractivity contribution is 5.79. The SMILES string of the molecule is CCCC(=O)N1C[C@H](C(=O)O)[C@H](c2ccccc2)C1. The van der Waals surface area contributed by atoms with E-state index in [9.17, 15) is 14.7 Å². The van der Waals surface area contributed by atoms with Crippen molar-refractivity contribution < 1.29 is 14.7 Å². The quantitative estimate of drug-likeness (QED) is 0.903. The Morgan fingerprint density at radius 2 is 1.95 bits per heavy atom. The third-order valence-electron chi connectivity index (χ3n) is 3.68. The van der Waals surface area contributed by atoms with E-state index in [1.165, 1.54) is 0 Å². The summed E-state index contributed by atoms with van der Waals surface area (Å²) < 4.78 is 0. The molecule has 1 aromatic rings. The second kappa shape index (κ2) is 5.87. The normalized spacial score (nSPS) is 22.5. The number of carbonyl (C=O) groups is 2. The van der Waals surface area contributed by atoms with E-state index in [-0.39, 0.29) is 11.8 Å². The molecule has 4 heteroatoms. The van der Waals surface area contributed by atoms with Crippen LogP contribution in [0.25, 0.3) is 0 Å². The predicted molar refractivity (Wildman–Crippen MR) is 71.8 cm³/mol. The van der Waals surface area contributed by atoms with Crippen LogP contribution in [0, 0.1) is 5.92 Å². The van der Waals surface area contributed by atoms with Crippen LogP contribution in [0.5, 0.6) is 0 Å². The zero-order chi connectivity index (χ0) is 13.8. The van der Waals surface area contributed by atoms with Crippen molar-refractivity contribution in [3.05, 3.63) is 35.9 Å². The number of carboxylic acid groups (broad SMARTS) is 1. The molecular formula is C15H19NO3. The van der Waals surface area contributed by atoms with Crippen LogP contribution < -0.4 is 0 Å². The molecule has 2 rings (SSSR count). The number of benzene rings is 1. The lowest BCUT2D eigenvalue weighted by atomic mass is 9.89. The zero-order valence-corrected chi connectivity index (χ0v) is 11.1. The Balaban J connectivity index is 2.18. The van der Waals surface area contributed by atoms with Gasteiger partial charge in [0.05, 0.1) is 5.92 Å². The van der Waals surface area contributed by atoms with Crippen LogP contribution in [0.3, 0.4) is 0 Å². The third kappa shape index (κ3) is 2.95. The Hall–Kier alpha value is -1.84. The summed E-state index contributed by atoms with van der Waals surface area (Å²) in [5, 5.41) is 9.34. The van der Waals surface area contributed by atoms with Crippen LogP contribution in [0.4, 0.5) is 0 Å². The minimum Gasteiger partial charge on any atom is -0.481 e. The van der Waals surface area contributed by atoms with E-state index in [1.807, 2.05) is 37.3 Å². The van der Waals surface area contributed by atoms with Gasteiger partial charge in [-0.15, -0.1) is 0 Å². The van der Waals surface area contributed by atoms with Crippen molar-refractivity contribution in [3.8, 4) is 0 Å². The molecule has 1 fully saturated rings. The monoisotopic (exact) mass is 261 g/mol. The van der Waals surface area contributed by atoms with Gasteiger partial charge in [-0.2, -0.15) is 0 Å². The van der Waals surface area contributed by atoms with Crippen LogP contribution in [0.2, 0.25) is 0 Å². The Morgan fingerprint density at radius 3 is 2.53 bits per heavy atom. The molecule has 0 aliphatic carbocycles. The Morgan fingerprint density at radius 1 is 1.26 bits per heavy atom. The number of rotatable bonds is 4. The van der Waals surface area contributed by atoms with Crippen molar-refractivity contribution in [1.29, 1.82) is 0 Å². The van der Waals surface area contributed by atoms with Gasteiger partial charge in [0.1, 0.15) is 0 Å². The first-order chi connectivity index (χ1) is 9.13. The molecule has 0 unspecified atom stereocenters. The predicted octanol–water partition coefficient (Wildman–Crippen LogP) is 2.11. The smallest absolute Gasteiger partial charge is 0.308 e. The molecule has 0 aromatic heterocycles. The number of amides is 1. The number of carbonyl (C=O) groups excluding carboxylic acids is 1. The summed E-state index contributed by atoms with van der Waals surface area (Å²) in [5.41, 5.74) is 1.00. The zero-order valence-electron chi connectivity index (χ0n) is 11.1. The third-order valence-corrected chi connectivity index (χ3v) is 3.68. The first-order valence-electron chi connectivity index (χ1n) is 6.69. The highest BCUT2D eigenvalue weighted by Gasteiger charge is 2.39. The molecule has 0 spiro atoms.